The summed E-state index contributed by atoms with van der Waals surface area (Å²) in [5.74, 6) is -3.20. The minimum absolute atomic E-state index is 0.00966. The maximum absolute atomic E-state index is 13.1. The fourth-order valence-corrected chi connectivity index (χ4v) is 2.17. The second-order valence-corrected chi connectivity index (χ2v) is 5.24. The third-order valence-electron chi connectivity index (χ3n) is 3.54. The molecule has 2 N–H and O–H groups in total. The molecule has 0 aromatic heterocycles. The van der Waals surface area contributed by atoms with Gasteiger partial charge in [0, 0.05) is 16.8 Å². The number of nitrogens with one attached hydrogen (secondary N) is 1. The topological polar surface area (TPSA) is 75.6 Å². The summed E-state index contributed by atoms with van der Waals surface area (Å²) in [5.41, 5.74) is -4.53. The molecule has 0 fully saturated rings. The van der Waals surface area contributed by atoms with Crippen LogP contribution in [0.25, 0.3) is 0 Å². The van der Waals surface area contributed by atoms with Crippen LogP contribution in [0.4, 0.5) is 23.2 Å². The molecule has 0 radical (unpaired) electrons. The van der Waals surface area contributed by atoms with Crippen LogP contribution in [0, 0.1) is 5.82 Å². The number of hydrogen-bond donors (Lipinski definition) is 2. The Labute approximate surface area is 145 Å². The van der Waals surface area contributed by atoms with Crippen molar-refractivity contribution in [3.63, 3.8) is 0 Å². The van der Waals surface area contributed by atoms with Gasteiger partial charge in [-0.1, -0.05) is 18.2 Å². The minimum atomic E-state index is -5.31. The first-order chi connectivity index (χ1) is 12.1. The zero-order valence-electron chi connectivity index (χ0n) is 13.3. The van der Waals surface area contributed by atoms with Gasteiger partial charge in [-0.25, -0.2) is 9.18 Å². The fraction of sp³-hybridized carbons (Fsp3) is 0.176. The van der Waals surface area contributed by atoms with E-state index in [0.29, 0.717) is 7.11 Å². The van der Waals surface area contributed by atoms with Crippen LogP contribution in [-0.2, 0) is 15.1 Å². The number of amides is 1. The van der Waals surface area contributed by atoms with Crippen LogP contribution in [0.3, 0.4) is 0 Å². The molecule has 2 rings (SSSR count). The van der Waals surface area contributed by atoms with E-state index in [9.17, 15) is 32.3 Å². The molecule has 0 saturated heterocycles. The van der Waals surface area contributed by atoms with Gasteiger partial charge in [0.1, 0.15) is 5.82 Å². The summed E-state index contributed by atoms with van der Waals surface area (Å²) in [6, 6.07) is 8.59. The largest absolute Gasteiger partial charge is 0.466 e. The molecule has 0 spiro atoms. The molecule has 26 heavy (non-hydrogen) atoms. The first-order valence-corrected chi connectivity index (χ1v) is 7.14. The van der Waals surface area contributed by atoms with E-state index in [4.69, 9.17) is 0 Å². The van der Waals surface area contributed by atoms with Gasteiger partial charge in [0.05, 0.1) is 7.11 Å². The zero-order chi connectivity index (χ0) is 19.5. The third kappa shape index (κ3) is 3.67. The molecule has 5 nitrogen and oxygen atoms in total. The summed E-state index contributed by atoms with van der Waals surface area (Å²) in [5, 5.41) is 12.2. The monoisotopic (exact) mass is 371 g/mol. The van der Waals surface area contributed by atoms with E-state index in [-0.39, 0.29) is 11.3 Å². The highest BCUT2D eigenvalue weighted by atomic mass is 19.4. The van der Waals surface area contributed by atoms with Crippen LogP contribution in [0.15, 0.2) is 48.5 Å². The van der Waals surface area contributed by atoms with Crippen molar-refractivity contribution in [3.8, 4) is 0 Å². The van der Waals surface area contributed by atoms with Gasteiger partial charge in [0.15, 0.2) is 0 Å². The highest BCUT2D eigenvalue weighted by molar-refractivity contribution is 6.04. The van der Waals surface area contributed by atoms with E-state index >= 15 is 0 Å². The van der Waals surface area contributed by atoms with Crippen molar-refractivity contribution >= 4 is 17.6 Å². The van der Waals surface area contributed by atoms with Gasteiger partial charge in [-0.15, -0.1) is 0 Å². The Morgan fingerprint density at radius 3 is 2.19 bits per heavy atom. The second kappa shape index (κ2) is 7.12. The lowest BCUT2D eigenvalue weighted by atomic mass is 9.93. The number of carbonyl (C=O) groups is 2. The van der Waals surface area contributed by atoms with E-state index in [1.165, 1.54) is 12.1 Å². The zero-order valence-corrected chi connectivity index (χ0v) is 13.3. The van der Waals surface area contributed by atoms with E-state index in [1.807, 2.05) is 0 Å². The summed E-state index contributed by atoms with van der Waals surface area (Å²) in [4.78, 5) is 23.4. The Balaban J connectivity index is 2.27. The molecule has 1 amide bonds. The lowest BCUT2D eigenvalue weighted by Crippen LogP contribution is -2.49. The number of rotatable bonds is 4. The number of halogens is 4. The number of methoxy groups -OCH3 is 1. The number of aliphatic hydroxyl groups is 1. The van der Waals surface area contributed by atoms with E-state index in [0.717, 1.165) is 36.4 Å². The van der Waals surface area contributed by atoms with Crippen LogP contribution >= 0.6 is 0 Å². The number of alkyl halides is 3. The van der Waals surface area contributed by atoms with Crippen LogP contribution in [0.5, 0.6) is 0 Å². The number of esters is 1. The van der Waals surface area contributed by atoms with E-state index in [1.54, 1.807) is 0 Å². The predicted octanol–water partition coefficient (Wildman–Crippen LogP) is 3.00. The SMILES string of the molecule is COC(=O)[C@](O)(c1ccc(NC(=O)c2cccc(F)c2)cc1)C(F)(F)F. The van der Waals surface area contributed by atoms with Crippen LogP contribution < -0.4 is 5.32 Å². The number of ether oxygens (including phenoxy) is 1. The maximum atomic E-state index is 13.1. The Morgan fingerprint density at radius 2 is 1.69 bits per heavy atom. The van der Waals surface area contributed by atoms with Crippen LogP contribution in [0.1, 0.15) is 15.9 Å². The molecule has 1 atom stereocenters. The van der Waals surface area contributed by atoms with E-state index in [2.05, 4.69) is 10.1 Å². The summed E-state index contributed by atoms with van der Waals surface area (Å²) >= 11 is 0. The molecule has 138 valence electrons. The van der Waals surface area contributed by atoms with Crippen molar-refractivity contribution in [2.24, 2.45) is 0 Å². The van der Waals surface area contributed by atoms with Gasteiger partial charge in [-0.05, 0) is 30.3 Å². The smallest absolute Gasteiger partial charge is 0.432 e. The highest BCUT2D eigenvalue weighted by Crippen LogP contribution is 2.40. The molecule has 0 heterocycles. The van der Waals surface area contributed by atoms with Gasteiger partial charge in [0.25, 0.3) is 11.5 Å². The molecular weight excluding hydrogens is 358 g/mol. The lowest BCUT2D eigenvalue weighted by Gasteiger charge is -2.28. The first-order valence-electron chi connectivity index (χ1n) is 7.14. The average molecular weight is 371 g/mol. The Morgan fingerprint density at radius 1 is 1.08 bits per heavy atom. The highest BCUT2D eigenvalue weighted by Gasteiger charge is 2.62. The number of benzene rings is 2. The van der Waals surface area contributed by atoms with Crippen molar-refractivity contribution < 1.29 is 37.0 Å². The van der Waals surface area contributed by atoms with Crippen molar-refractivity contribution in [1.82, 2.24) is 0 Å². The Hall–Kier alpha value is -2.94. The normalized spacial score (nSPS) is 13.6. The molecule has 2 aromatic rings. The van der Waals surface area contributed by atoms with Crippen molar-refractivity contribution in [2.45, 2.75) is 11.8 Å². The molecule has 0 unspecified atom stereocenters. The number of carbonyl (C=O) groups excluding carboxylic acids is 2. The van der Waals surface area contributed by atoms with Crippen LogP contribution in [0.2, 0.25) is 0 Å². The lowest BCUT2D eigenvalue weighted by molar-refractivity contribution is -0.266. The minimum Gasteiger partial charge on any atom is -0.466 e. The van der Waals surface area contributed by atoms with Crippen LogP contribution in [-0.4, -0.2) is 30.3 Å². The molecule has 0 aliphatic carbocycles. The number of hydrogen-bond acceptors (Lipinski definition) is 4. The van der Waals surface area contributed by atoms with Gasteiger partial charge < -0.3 is 15.2 Å². The molecule has 0 saturated carbocycles. The predicted molar refractivity (Wildman–Crippen MR) is 82.8 cm³/mol. The molecule has 0 aliphatic heterocycles. The van der Waals surface area contributed by atoms with Gasteiger partial charge in [-0.2, -0.15) is 13.2 Å². The molecular formula is C17H13F4NO4. The van der Waals surface area contributed by atoms with E-state index < -0.39 is 35.0 Å². The molecule has 0 aliphatic rings. The molecule has 0 bridgehead atoms. The third-order valence-corrected chi connectivity index (χ3v) is 3.54. The molecule has 9 heteroatoms. The Bertz CT molecular complexity index is 820. The summed E-state index contributed by atoms with van der Waals surface area (Å²) in [6.07, 6.45) is -5.31. The summed E-state index contributed by atoms with van der Waals surface area (Å²) in [7, 11) is 0.715. The number of anilines is 1. The quantitative estimate of drug-likeness (QED) is 0.640. The molecule has 2 aromatic carbocycles. The maximum Gasteiger partial charge on any atom is 0.432 e. The summed E-state index contributed by atoms with van der Waals surface area (Å²) < 4.78 is 56.6. The van der Waals surface area contributed by atoms with Crippen molar-refractivity contribution in [1.29, 1.82) is 0 Å². The first kappa shape index (κ1) is 19.4. The Kier molecular flexibility index (Phi) is 5.31. The fourth-order valence-electron chi connectivity index (χ4n) is 2.17. The second-order valence-electron chi connectivity index (χ2n) is 5.24. The van der Waals surface area contributed by atoms with Gasteiger partial charge in [-0.3, -0.25) is 4.79 Å². The van der Waals surface area contributed by atoms with Gasteiger partial charge in [0.2, 0.25) is 0 Å². The van der Waals surface area contributed by atoms with Crippen molar-refractivity contribution in [2.75, 3.05) is 12.4 Å². The van der Waals surface area contributed by atoms with Gasteiger partial charge >= 0.3 is 12.1 Å². The summed E-state index contributed by atoms with van der Waals surface area (Å²) in [6.45, 7) is 0. The standard InChI is InChI=1S/C17H13F4NO4/c1-26-15(24)16(25,17(19,20)21)11-5-7-13(8-6-11)22-14(23)10-3-2-4-12(18)9-10/h2-9,25H,1H3,(H,22,23)/t16-/m1/s1. The average Bonchev–Trinajstić information content (AvgIpc) is 2.60. The van der Waals surface area contributed by atoms with Crippen molar-refractivity contribution in [3.05, 3.63) is 65.5 Å².